The zero-order chi connectivity index (χ0) is 11.4. The second-order valence-corrected chi connectivity index (χ2v) is 3.78. The zero-order valence-corrected chi connectivity index (χ0v) is 10.1. The summed E-state index contributed by atoms with van der Waals surface area (Å²) in [5, 5.41) is 0. The SMILES string of the molecule is CCCCCCCCCCOC(=O)OC.[H+]. The van der Waals surface area contributed by atoms with Crippen LogP contribution in [0.3, 0.4) is 0 Å². The Balaban J connectivity index is 0. The van der Waals surface area contributed by atoms with Gasteiger partial charge in [-0.05, 0) is 6.42 Å². The number of methoxy groups -OCH3 is 1. The predicted molar refractivity (Wildman–Crippen MR) is 62.1 cm³/mol. The van der Waals surface area contributed by atoms with E-state index in [0.717, 1.165) is 12.8 Å². The first kappa shape index (κ1) is 14.3. The number of ether oxygens (including phenoxy) is 2. The van der Waals surface area contributed by atoms with E-state index in [9.17, 15) is 4.79 Å². The third-order valence-electron chi connectivity index (χ3n) is 2.38. The molecule has 0 fully saturated rings. The first-order valence-electron chi connectivity index (χ1n) is 6.02. The van der Waals surface area contributed by atoms with E-state index in [1.807, 2.05) is 0 Å². The lowest BCUT2D eigenvalue weighted by molar-refractivity contribution is 0.0713. The number of carbonyl (C=O) groups is 1. The van der Waals surface area contributed by atoms with Crippen LogP contribution in [0.15, 0.2) is 0 Å². The first-order chi connectivity index (χ1) is 7.31. The van der Waals surface area contributed by atoms with Gasteiger partial charge < -0.3 is 9.47 Å². The average molecular weight is 217 g/mol. The molecule has 0 aliphatic carbocycles. The highest BCUT2D eigenvalue weighted by Gasteiger charge is 1.98. The van der Waals surface area contributed by atoms with Crippen LogP contribution in [0.1, 0.15) is 59.7 Å². The van der Waals surface area contributed by atoms with Crippen LogP contribution in [-0.2, 0) is 9.47 Å². The Morgan fingerprint density at radius 1 is 1.00 bits per heavy atom. The fraction of sp³-hybridized carbons (Fsp3) is 0.917. The molecule has 0 aromatic heterocycles. The van der Waals surface area contributed by atoms with Crippen LogP contribution in [0.5, 0.6) is 0 Å². The van der Waals surface area contributed by atoms with Gasteiger partial charge in [-0.25, -0.2) is 4.79 Å². The lowest BCUT2D eigenvalue weighted by Gasteiger charge is -2.03. The highest BCUT2D eigenvalue weighted by atomic mass is 16.7. The second kappa shape index (κ2) is 11.3. The molecule has 0 saturated heterocycles. The normalized spacial score (nSPS) is 10.0. The largest absolute Gasteiger partial charge is 1.00 e. The molecule has 0 saturated carbocycles. The molecule has 15 heavy (non-hydrogen) atoms. The van der Waals surface area contributed by atoms with Gasteiger partial charge in [0, 0.05) is 0 Å². The standard InChI is InChI=1S/C12H24O3/c1-3-4-5-6-7-8-9-10-11-15-12(13)14-2/h3-11H2,1-2H3/p+1. The molecule has 0 N–H and O–H groups in total. The van der Waals surface area contributed by atoms with Crippen LogP contribution in [-0.4, -0.2) is 19.9 Å². The predicted octanol–water partition coefficient (Wildman–Crippen LogP) is 4.02. The van der Waals surface area contributed by atoms with E-state index < -0.39 is 6.16 Å². The van der Waals surface area contributed by atoms with E-state index in [1.165, 1.54) is 45.6 Å². The summed E-state index contributed by atoms with van der Waals surface area (Å²) >= 11 is 0. The lowest BCUT2D eigenvalue weighted by Crippen LogP contribution is -2.05. The van der Waals surface area contributed by atoms with Crippen LogP contribution in [0.4, 0.5) is 4.79 Å². The Bertz CT molecular complexity index is 151. The van der Waals surface area contributed by atoms with E-state index >= 15 is 0 Å². The van der Waals surface area contributed by atoms with Crippen molar-refractivity contribution in [3.8, 4) is 0 Å². The van der Waals surface area contributed by atoms with Gasteiger partial charge in [-0.1, -0.05) is 51.9 Å². The van der Waals surface area contributed by atoms with Gasteiger partial charge in [-0.3, -0.25) is 0 Å². The highest BCUT2D eigenvalue weighted by Crippen LogP contribution is 2.08. The Labute approximate surface area is 94.6 Å². The molecule has 0 aromatic rings. The van der Waals surface area contributed by atoms with E-state index in [-0.39, 0.29) is 1.43 Å². The molecule has 0 atom stereocenters. The van der Waals surface area contributed by atoms with Crippen molar-refractivity contribution < 1.29 is 15.7 Å². The third-order valence-corrected chi connectivity index (χ3v) is 2.38. The van der Waals surface area contributed by atoms with Crippen molar-refractivity contribution in [1.82, 2.24) is 0 Å². The molecule has 3 nitrogen and oxygen atoms in total. The van der Waals surface area contributed by atoms with Crippen molar-refractivity contribution in [1.29, 1.82) is 0 Å². The Morgan fingerprint density at radius 3 is 2.07 bits per heavy atom. The third kappa shape index (κ3) is 11.2. The number of carbonyl (C=O) groups excluding carboxylic acids is 1. The Morgan fingerprint density at radius 2 is 1.53 bits per heavy atom. The summed E-state index contributed by atoms with van der Waals surface area (Å²) in [7, 11) is 1.33. The fourth-order valence-electron chi connectivity index (χ4n) is 1.45. The molecule has 0 bridgehead atoms. The maximum atomic E-state index is 10.6. The van der Waals surface area contributed by atoms with E-state index in [1.54, 1.807) is 0 Å². The number of hydrogen-bond donors (Lipinski definition) is 0. The van der Waals surface area contributed by atoms with Crippen molar-refractivity contribution >= 4 is 6.16 Å². The minimum atomic E-state index is -0.571. The van der Waals surface area contributed by atoms with Crippen molar-refractivity contribution in [2.45, 2.75) is 58.3 Å². The summed E-state index contributed by atoms with van der Waals surface area (Å²) in [6.07, 6.45) is 9.41. The summed E-state index contributed by atoms with van der Waals surface area (Å²) < 4.78 is 9.14. The molecular formula is C12H25O3+. The topological polar surface area (TPSA) is 35.5 Å². The molecular weight excluding hydrogens is 192 g/mol. The molecule has 0 aromatic carbocycles. The lowest BCUT2D eigenvalue weighted by atomic mass is 10.1. The quantitative estimate of drug-likeness (QED) is 0.432. The zero-order valence-electron chi connectivity index (χ0n) is 11.1. The molecule has 0 spiro atoms. The number of unbranched alkanes of at least 4 members (excludes halogenated alkanes) is 7. The summed E-state index contributed by atoms with van der Waals surface area (Å²) in [6, 6.07) is 0. The molecule has 0 radical (unpaired) electrons. The fourth-order valence-corrected chi connectivity index (χ4v) is 1.45. The van der Waals surface area contributed by atoms with Gasteiger partial charge in [0.15, 0.2) is 0 Å². The average Bonchev–Trinajstić information content (AvgIpc) is 2.26. The van der Waals surface area contributed by atoms with Crippen molar-refractivity contribution in [2.75, 3.05) is 13.7 Å². The van der Waals surface area contributed by atoms with Gasteiger partial charge >= 0.3 is 7.58 Å². The molecule has 3 heteroatoms. The number of hydrogen-bond acceptors (Lipinski definition) is 3. The molecule has 0 rings (SSSR count). The van der Waals surface area contributed by atoms with Crippen LogP contribution >= 0.6 is 0 Å². The van der Waals surface area contributed by atoms with Crippen LogP contribution in [0.2, 0.25) is 0 Å². The van der Waals surface area contributed by atoms with Gasteiger partial charge in [-0.15, -0.1) is 0 Å². The summed E-state index contributed by atoms with van der Waals surface area (Å²) in [6.45, 7) is 2.71. The van der Waals surface area contributed by atoms with Gasteiger partial charge in [0.1, 0.15) is 0 Å². The second-order valence-electron chi connectivity index (χ2n) is 3.78. The van der Waals surface area contributed by atoms with Gasteiger partial charge in [0.05, 0.1) is 13.7 Å². The maximum absolute atomic E-state index is 10.6. The van der Waals surface area contributed by atoms with Gasteiger partial charge in [0.2, 0.25) is 0 Å². The Kier molecular flexibility index (Phi) is 10.8. The van der Waals surface area contributed by atoms with Gasteiger partial charge in [0.25, 0.3) is 0 Å². The number of rotatable bonds is 9. The van der Waals surface area contributed by atoms with Gasteiger partial charge in [-0.2, -0.15) is 0 Å². The van der Waals surface area contributed by atoms with Crippen LogP contribution in [0, 0.1) is 0 Å². The van der Waals surface area contributed by atoms with E-state index in [4.69, 9.17) is 4.74 Å². The van der Waals surface area contributed by atoms with Crippen molar-refractivity contribution in [3.63, 3.8) is 0 Å². The monoisotopic (exact) mass is 217 g/mol. The molecule has 0 heterocycles. The van der Waals surface area contributed by atoms with Crippen molar-refractivity contribution in [2.24, 2.45) is 0 Å². The van der Waals surface area contributed by atoms with E-state index in [2.05, 4.69) is 11.7 Å². The molecule has 90 valence electrons. The van der Waals surface area contributed by atoms with Crippen LogP contribution in [0.25, 0.3) is 0 Å². The molecule has 0 aliphatic rings. The molecule has 0 aliphatic heterocycles. The smallest absolute Gasteiger partial charge is 0.438 e. The highest BCUT2D eigenvalue weighted by molar-refractivity contribution is 5.59. The minimum absolute atomic E-state index is 0. The molecule has 0 amide bonds. The summed E-state index contributed by atoms with van der Waals surface area (Å²) in [5.74, 6) is 0. The summed E-state index contributed by atoms with van der Waals surface area (Å²) in [4.78, 5) is 10.6. The van der Waals surface area contributed by atoms with Crippen molar-refractivity contribution in [3.05, 3.63) is 0 Å². The summed E-state index contributed by atoms with van der Waals surface area (Å²) in [5.41, 5.74) is 0. The maximum Gasteiger partial charge on any atom is 1.00 e. The van der Waals surface area contributed by atoms with E-state index in [0.29, 0.717) is 6.61 Å². The first-order valence-corrected chi connectivity index (χ1v) is 6.02. The minimum Gasteiger partial charge on any atom is -0.438 e. The van der Waals surface area contributed by atoms with Crippen LogP contribution < -0.4 is 0 Å². The molecule has 0 unspecified atom stereocenters. The Hall–Kier alpha value is -0.730.